The predicted octanol–water partition coefficient (Wildman–Crippen LogP) is -0.0105. The lowest BCUT2D eigenvalue weighted by molar-refractivity contribution is -0.120. The number of amides is 4. The van der Waals surface area contributed by atoms with Crippen LogP contribution in [0.15, 0.2) is 18.2 Å². The van der Waals surface area contributed by atoms with Crippen molar-refractivity contribution < 1.29 is 18.8 Å². The number of imide groups is 1. The Morgan fingerprint density at radius 3 is 2.79 bits per heavy atom. The van der Waals surface area contributed by atoms with Crippen molar-refractivity contribution in [3.05, 3.63) is 35.1 Å². The van der Waals surface area contributed by atoms with Gasteiger partial charge in [-0.15, -0.1) is 0 Å². The Morgan fingerprint density at radius 1 is 1.32 bits per heavy atom. The first-order valence-corrected chi connectivity index (χ1v) is 5.73. The zero-order valence-electron chi connectivity index (χ0n) is 9.77. The number of carbonyl (C=O) groups excluding carboxylic acids is 3. The van der Waals surface area contributed by atoms with E-state index in [4.69, 9.17) is 0 Å². The molecule has 1 aromatic rings. The van der Waals surface area contributed by atoms with Gasteiger partial charge >= 0.3 is 6.03 Å². The molecule has 1 atom stereocenters. The van der Waals surface area contributed by atoms with Crippen LogP contribution in [0.5, 0.6) is 0 Å². The van der Waals surface area contributed by atoms with Crippen molar-refractivity contribution in [1.29, 1.82) is 0 Å². The lowest BCUT2D eigenvalue weighted by Crippen LogP contribution is -2.42. The van der Waals surface area contributed by atoms with Gasteiger partial charge in [0.25, 0.3) is 11.8 Å². The molecule has 0 aromatic heterocycles. The molecule has 1 aromatic carbocycles. The fourth-order valence-electron chi connectivity index (χ4n) is 2.29. The summed E-state index contributed by atoms with van der Waals surface area (Å²) < 4.78 is 13.1. The highest BCUT2D eigenvalue weighted by Crippen LogP contribution is 2.23. The minimum absolute atomic E-state index is 0.0761. The molecule has 3 rings (SSSR count). The molecule has 0 radical (unpaired) electrons. The van der Waals surface area contributed by atoms with Gasteiger partial charge in [-0.1, -0.05) is 6.07 Å². The number of carbonyl (C=O) groups is 3. The highest BCUT2D eigenvalue weighted by Gasteiger charge is 2.35. The maximum atomic E-state index is 13.1. The molecule has 1 unspecified atom stereocenters. The molecule has 7 heteroatoms. The van der Waals surface area contributed by atoms with Crippen molar-refractivity contribution in [3.63, 3.8) is 0 Å². The zero-order valence-corrected chi connectivity index (χ0v) is 9.77. The molecule has 0 bridgehead atoms. The summed E-state index contributed by atoms with van der Waals surface area (Å²) >= 11 is 0. The Labute approximate surface area is 107 Å². The van der Waals surface area contributed by atoms with E-state index in [-0.39, 0.29) is 12.5 Å². The van der Waals surface area contributed by atoms with Crippen molar-refractivity contribution in [2.24, 2.45) is 0 Å². The van der Waals surface area contributed by atoms with Crippen LogP contribution in [0.3, 0.4) is 0 Å². The molecule has 1 saturated heterocycles. The number of nitrogens with one attached hydrogen (secondary N) is 2. The first-order valence-electron chi connectivity index (χ1n) is 5.73. The Morgan fingerprint density at radius 2 is 2.11 bits per heavy atom. The molecule has 0 spiro atoms. The van der Waals surface area contributed by atoms with E-state index in [1.165, 1.54) is 17.0 Å². The maximum Gasteiger partial charge on any atom is 0.322 e. The number of benzene rings is 1. The smallest absolute Gasteiger partial charge is 0.322 e. The summed E-state index contributed by atoms with van der Waals surface area (Å²) in [7, 11) is 0. The third-order valence-corrected chi connectivity index (χ3v) is 3.21. The second-order valence-corrected chi connectivity index (χ2v) is 4.50. The molecule has 2 N–H and O–H groups in total. The molecule has 0 saturated carbocycles. The monoisotopic (exact) mass is 263 g/mol. The molecule has 6 nitrogen and oxygen atoms in total. The van der Waals surface area contributed by atoms with Gasteiger partial charge in [0.15, 0.2) is 0 Å². The Kier molecular flexibility index (Phi) is 2.48. The van der Waals surface area contributed by atoms with Crippen LogP contribution < -0.4 is 10.6 Å². The normalized spacial score (nSPS) is 21.4. The van der Waals surface area contributed by atoms with Gasteiger partial charge in [0, 0.05) is 12.1 Å². The highest BCUT2D eigenvalue weighted by atomic mass is 19.1. The van der Waals surface area contributed by atoms with E-state index in [0.29, 0.717) is 12.1 Å². The molecule has 2 aliphatic heterocycles. The molecule has 1 fully saturated rings. The van der Waals surface area contributed by atoms with Crippen molar-refractivity contribution in [2.45, 2.75) is 12.6 Å². The van der Waals surface area contributed by atoms with Crippen LogP contribution in [0, 0.1) is 5.82 Å². The zero-order chi connectivity index (χ0) is 13.6. The number of rotatable bonds is 2. The van der Waals surface area contributed by atoms with Crippen molar-refractivity contribution >= 4 is 17.8 Å². The fourth-order valence-corrected chi connectivity index (χ4v) is 2.29. The van der Waals surface area contributed by atoms with Gasteiger partial charge in [0.05, 0.1) is 6.54 Å². The highest BCUT2D eigenvalue weighted by molar-refractivity contribution is 6.05. The van der Waals surface area contributed by atoms with Gasteiger partial charge in [-0.2, -0.15) is 0 Å². The Bertz CT molecular complexity index is 602. The minimum atomic E-state index is -0.754. The summed E-state index contributed by atoms with van der Waals surface area (Å²) in [5.41, 5.74) is 1.03. The van der Waals surface area contributed by atoms with Crippen LogP contribution in [0.1, 0.15) is 15.9 Å². The van der Waals surface area contributed by atoms with Crippen LogP contribution in [0.4, 0.5) is 9.18 Å². The molecule has 4 amide bonds. The average molecular weight is 263 g/mol. The maximum absolute atomic E-state index is 13.1. The van der Waals surface area contributed by atoms with Crippen molar-refractivity contribution in [3.8, 4) is 0 Å². The molecular formula is C12H10FN3O3. The largest absolute Gasteiger partial charge is 0.332 e. The number of hydrogen-bond acceptors (Lipinski definition) is 3. The van der Waals surface area contributed by atoms with Gasteiger partial charge in [0.2, 0.25) is 0 Å². The second kappa shape index (κ2) is 4.04. The summed E-state index contributed by atoms with van der Waals surface area (Å²) in [5, 5.41) is 4.52. The molecular weight excluding hydrogens is 253 g/mol. The molecule has 98 valence electrons. The average Bonchev–Trinajstić information content (AvgIpc) is 2.82. The first kappa shape index (κ1) is 11.6. The van der Waals surface area contributed by atoms with E-state index in [0.717, 1.165) is 5.56 Å². The number of nitrogens with zero attached hydrogens (tertiary/aromatic N) is 1. The van der Waals surface area contributed by atoms with Crippen molar-refractivity contribution in [2.75, 3.05) is 6.54 Å². The van der Waals surface area contributed by atoms with Gasteiger partial charge in [-0.05, 0) is 17.7 Å². The fraction of sp³-hybridized carbons (Fsp3) is 0.250. The minimum Gasteiger partial charge on any atom is -0.332 e. The van der Waals surface area contributed by atoms with E-state index in [1.54, 1.807) is 6.07 Å². The number of hydrogen-bond donors (Lipinski definition) is 2. The van der Waals surface area contributed by atoms with E-state index < -0.39 is 23.8 Å². The number of urea groups is 1. The first-order chi connectivity index (χ1) is 9.04. The second-order valence-electron chi connectivity index (χ2n) is 4.50. The lowest BCUT2D eigenvalue weighted by Gasteiger charge is -2.18. The van der Waals surface area contributed by atoms with E-state index in [9.17, 15) is 18.8 Å². The quantitative estimate of drug-likeness (QED) is 0.737. The summed E-state index contributed by atoms with van der Waals surface area (Å²) in [6.45, 7) is 0.390. The van der Waals surface area contributed by atoms with Gasteiger partial charge in [0.1, 0.15) is 11.9 Å². The van der Waals surface area contributed by atoms with E-state index >= 15 is 0 Å². The molecule has 2 aliphatic rings. The molecule has 2 heterocycles. The van der Waals surface area contributed by atoms with Crippen LogP contribution in [0.2, 0.25) is 0 Å². The predicted molar refractivity (Wildman–Crippen MR) is 61.6 cm³/mol. The third-order valence-electron chi connectivity index (χ3n) is 3.21. The third kappa shape index (κ3) is 1.92. The van der Waals surface area contributed by atoms with Crippen LogP contribution in [-0.4, -0.2) is 35.3 Å². The summed E-state index contributed by atoms with van der Waals surface area (Å²) in [6.07, 6.45) is 0. The molecule has 0 aliphatic carbocycles. The topological polar surface area (TPSA) is 78.5 Å². The summed E-state index contributed by atoms with van der Waals surface area (Å²) in [5.74, 6) is -1.26. The van der Waals surface area contributed by atoms with Crippen LogP contribution >= 0.6 is 0 Å². The van der Waals surface area contributed by atoms with E-state index in [2.05, 4.69) is 10.6 Å². The van der Waals surface area contributed by atoms with Gasteiger partial charge < -0.3 is 10.2 Å². The Hall–Kier alpha value is -2.44. The standard InChI is InChI=1S/C12H10FN3O3/c13-7-2-1-6-4-16(11(18)8(6)3-7)5-9-10(17)15-12(19)14-9/h1-3,9H,4-5H2,(H2,14,15,17,19). The van der Waals surface area contributed by atoms with E-state index in [1.807, 2.05) is 0 Å². The number of halogens is 1. The Balaban J connectivity index is 1.77. The van der Waals surface area contributed by atoms with Crippen LogP contribution in [0.25, 0.3) is 0 Å². The molecule has 19 heavy (non-hydrogen) atoms. The lowest BCUT2D eigenvalue weighted by atomic mass is 10.1. The van der Waals surface area contributed by atoms with Crippen LogP contribution in [-0.2, 0) is 11.3 Å². The number of fused-ring (bicyclic) bond motifs is 1. The van der Waals surface area contributed by atoms with Gasteiger partial charge in [-0.3, -0.25) is 14.9 Å². The SMILES string of the molecule is O=C1NC(=O)C(CN2Cc3ccc(F)cc3C2=O)N1. The van der Waals surface area contributed by atoms with Crippen molar-refractivity contribution in [1.82, 2.24) is 15.5 Å². The summed E-state index contributed by atoms with van der Waals surface area (Å²) in [6, 6.07) is 2.71. The van der Waals surface area contributed by atoms with Gasteiger partial charge in [-0.25, -0.2) is 9.18 Å². The summed E-state index contributed by atoms with van der Waals surface area (Å²) in [4.78, 5) is 35.9.